The van der Waals surface area contributed by atoms with Crippen LogP contribution in [0.3, 0.4) is 0 Å². The monoisotopic (exact) mass is 310 g/mol. The fourth-order valence-corrected chi connectivity index (χ4v) is 3.53. The third-order valence-corrected chi connectivity index (χ3v) is 4.74. The zero-order valence-electron chi connectivity index (χ0n) is 12.5. The molecule has 1 atom stereocenters. The average Bonchev–Trinajstić information content (AvgIpc) is 3.05. The number of aliphatic hydroxyl groups excluding tert-OH is 1. The number of likely N-dealkylation sites (tertiary alicyclic amines) is 1. The molecule has 116 valence electrons. The molecule has 1 aromatic rings. The smallest absolute Gasteiger partial charge is 0.245 e. The van der Waals surface area contributed by atoms with E-state index >= 15 is 0 Å². The Kier molecular flexibility index (Phi) is 5.36. The summed E-state index contributed by atoms with van der Waals surface area (Å²) in [6.45, 7) is 5.16. The summed E-state index contributed by atoms with van der Waals surface area (Å²) in [4.78, 5) is 29.9. The largest absolute Gasteiger partial charge is 0.395 e. The number of hydrogen-bond acceptors (Lipinski definition) is 4. The van der Waals surface area contributed by atoms with Crippen molar-refractivity contribution in [1.82, 2.24) is 9.80 Å². The maximum absolute atomic E-state index is 12.6. The molecule has 2 amide bonds. The van der Waals surface area contributed by atoms with Gasteiger partial charge in [0.25, 0.3) is 0 Å². The van der Waals surface area contributed by atoms with Crippen molar-refractivity contribution in [3.63, 3.8) is 0 Å². The molecule has 1 aliphatic rings. The second-order valence-electron chi connectivity index (χ2n) is 5.36. The van der Waals surface area contributed by atoms with Crippen LogP contribution in [-0.2, 0) is 16.1 Å². The predicted molar refractivity (Wildman–Crippen MR) is 82.0 cm³/mol. The highest BCUT2D eigenvalue weighted by Gasteiger charge is 2.32. The first kappa shape index (κ1) is 16.0. The summed E-state index contributed by atoms with van der Waals surface area (Å²) in [5.41, 5.74) is 0. The molecule has 21 heavy (non-hydrogen) atoms. The number of amides is 2. The molecule has 1 aliphatic heterocycles. The molecule has 0 saturated carbocycles. The second kappa shape index (κ2) is 7.04. The molecule has 1 N–H and O–H groups in total. The summed E-state index contributed by atoms with van der Waals surface area (Å²) >= 11 is 1.65. The zero-order valence-corrected chi connectivity index (χ0v) is 13.4. The van der Waals surface area contributed by atoms with Crippen molar-refractivity contribution in [3.8, 4) is 0 Å². The van der Waals surface area contributed by atoms with Crippen LogP contribution in [0.1, 0.15) is 29.5 Å². The van der Waals surface area contributed by atoms with Crippen molar-refractivity contribution in [2.24, 2.45) is 0 Å². The Hall–Kier alpha value is -1.40. The van der Waals surface area contributed by atoms with E-state index in [-0.39, 0.29) is 18.4 Å². The van der Waals surface area contributed by atoms with Crippen molar-refractivity contribution in [2.45, 2.75) is 39.3 Å². The van der Waals surface area contributed by atoms with Crippen LogP contribution in [-0.4, -0.2) is 52.5 Å². The summed E-state index contributed by atoms with van der Waals surface area (Å²) in [5, 5.41) is 9.20. The maximum Gasteiger partial charge on any atom is 0.245 e. The molecule has 0 radical (unpaired) electrons. The molecule has 1 aromatic heterocycles. The molecule has 6 heteroatoms. The number of hydrogen-bond donors (Lipinski definition) is 1. The van der Waals surface area contributed by atoms with Gasteiger partial charge in [0.15, 0.2) is 0 Å². The summed E-state index contributed by atoms with van der Waals surface area (Å²) in [6.07, 6.45) is 1.35. The second-order valence-corrected chi connectivity index (χ2v) is 6.73. The minimum atomic E-state index is -0.451. The van der Waals surface area contributed by atoms with Gasteiger partial charge in [-0.2, -0.15) is 0 Å². The van der Waals surface area contributed by atoms with Crippen molar-refractivity contribution in [2.75, 3.05) is 19.7 Å². The molecular formula is C15H22N2O3S. The van der Waals surface area contributed by atoms with E-state index in [9.17, 15) is 14.7 Å². The normalized spacial score (nSPS) is 16.3. The predicted octanol–water partition coefficient (Wildman–Crippen LogP) is 1.39. The van der Waals surface area contributed by atoms with Gasteiger partial charge in [-0.1, -0.05) is 0 Å². The average molecular weight is 310 g/mol. The molecule has 1 unspecified atom stereocenters. The Morgan fingerprint density at radius 3 is 2.81 bits per heavy atom. The highest BCUT2D eigenvalue weighted by molar-refractivity contribution is 7.11. The molecule has 0 bridgehead atoms. The van der Waals surface area contributed by atoms with Crippen molar-refractivity contribution in [1.29, 1.82) is 0 Å². The van der Waals surface area contributed by atoms with Gasteiger partial charge in [-0.25, -0.2) is 0 Å². The number of rotatable bonds is 6. The molecule has 0 aliphatic carbocycles. The van der Waals surface area contributed by atoms with Crippen LogP contribution in [0.4, 0.5) is 0 Å². The SMILES string of the molecule is Cc1ccc(CN(CCO)C(=O)C(C)N2CCCC2=O)s1. The molecule has 0 aromatic carbocycles. The van der Waals surface area contributed by atoms with Gasteiger partial charge in [0.05, 0.1) is 13.2 Å². The van der Waals surface area contributed by atoms with Crippen LogP contribution in [0.25, 0.3) is 0 Å². The van der Waals surface area contributed by atoms with Gasteiger partial charge < -0.3 is 14.9 Å². The Morgan fingerprint density at radius 1 is 1.52 bits per heavy atom. The van der Waals surface area contributed by atoms with Crippen molar-refractivity contribution in [3.05, 3.63) is 21.9 Å². The van der Waals surface area contributed by atoms with Crippen LogP contribution >= 0.6 is 11.3 Å². The summed E-state index contributed by atoms with van der Waals surface area (Å²) in [6, 6.07) is 3.57. The summed E-state index contributed by atoms with van der Waals surface area (Å²) in [7, 11) is 0. The summed E-state index contributed by atoms with van der Waals surface area (Å²) in [5.74, 6) is -0.0443. The van der Waals surface area contributed by atoms with Crippen LogP contribution in [0.2, 0.25) is 0 Å². The first-order valence-electron chi connectivity index (χ1n) is 7.27. The highest BCUT2D eigenvalue weighted by Crippen LogP contribution is 2.19. The van der Waals surface area contributed by atoms with E-state index in [1.165, 1.54) is 4.88 Å². The Balaban J connectivity index is 2.05. The van der Waals surface area contributed by atoms with Gasteiger partial charge in [-0.3, -0.25) is 9.59 Å². The van der Waals surface area contributed by atoms with E-state index in [0.717, 1.165) is 11.3 Å². The van der Waals surface area contributed by atoms with Crippen LogP contribution in [0.5, 0.6) is 0 Å². The van der Waals surface area contributed by atoms with E-state index in [2.05, 4.69) is 0 Å². The lowest BCUT2D eigenvalue weighted by Gasteiger charge is -2.29. The van der Waals surface area contributed by atoms with Crippen molar-refractivity contribution < 1.29 is 14.7 Å². The molecule has 5 nitrogen and oxygen atoms in total. The van der Waals surface area contributed by atoms with Gasteiger partial charge in [0, 0.05) is 29.3 Å². The van der Waals surface area contributed by atoms with Gasteiger partial charge in [-0.05, 0) is 32.4 Å². The molecule has 1 saturated heterocycles. The zero-order chi connectivity index (χ0) is 15.4. The van der Waals surface area contributed by atoms with Crippen LogP contribution < -0.4 is 0 Å². The van der Waals surface area contributed by atoms with E-state index in [1.54, 1.807) is 28.1 Å². The van der Waals surface area contributed by atoms with Gasteiger partial charge in [0.2, 0.25) is 11.8 Å². The van der Waals surface area contributed by atoms with Gasteiger partial charge >= 0.3 is 0 Å². The number of carbonyl (C=O) groups is 2. The lowest BCUT2D eigenvalue weighted by Crippen LogP contribution is -2.48. The first-order chi connectivity index (χ1) is 10.0. The van der Waals surface area contributed by atoms with E-state index in [0.29, 0.717) is 26.1 Å². The maximum atomic E-state index is 12.6. The fraction of sp³-hybridized carbons (Fsp3) is 0.600. The first-order valence-corrected chi connectivity index (χ1v) is 8.09. The Morgan fingerprint density at radius 2 is 2.29 bits per heavy atom. The number of aliphatic hydroxyl groups is 1. The number of thiophene rings is 1. The van der Waals surface area contributed by atoms with Crippen LogP contribution in [0.15, 0.2) is 12.1 Å². The Labute approximate surface area is 129 Å². The number of carbonyl (C=O) groups excluding carboxylic acids is 2. The number of aryl methyl sites for hydroxylation is 1. The molecular weight excluding hydrogens is 288 g/mol. The Bertz CT molecular complexity index is 515. The third-order valence-electron chi connectivity index (χ3n) is 3.76. The molecule has 1 fully saturated rings. The molecule has 0 spiro atoms. The topological polar surface area (TPSA) is 60.9 Å². The minimum absolute atomic E-state index is 0.0479. The lowest BCUT2D eigenvalue weighted by atomic mass is 10.2. The summed E-state index contributed by atoms with van der Waals surface area (Å²) < 4.78 is 0. The molecule has 2 heterocycles. The minimum Gasteiger partial charge on any atom is -0.395 e. The lowest BCUT2D eigenvalue weighted by molar-refractivity contribution is -0.143. The van der Waals surface area contributed by atoms with Crippen molar-refractivity contribution >= 4 is 23.2 Å². The van der Waals surface area contributed by atoms with E-state index in [4.69, 9.17) is 0 Å². The molecule has 2 rings (SSSR count). The van der Waals surface area contributed by atoms with E-state index in [1.807, 2.05) is 19.1 Å². The fourth-order valence-electron chi connectivity index (χ4n) is 2.62. The van der Waals surface area contributed by atoms with Gasteiger partial charge in [0.1, 0.15) is 6.04 Å². The van der Waals surface area contributed by atoms with Crippen LogP contribution in [0, 0.1) is 6.92 Å². The quantitative estimate of drug-likeness (QED) is 0.864. The third kappa shape index (κ3) is 3.83. The van der Waals surface area contributed by atoms with E-state index < -0.39 is 6.04 Å². The highest BCUT2D eigenvalue weighted by atomic mass is 32.1. The van der Waals surface area contributed by atoms with Gasteiger partial charge in [-0.15, -0.1) is 11.3 Å². The standard InChI is InChI=1S/C15H22N2O3S/c1-11-5-6-13(21-11)10-16(8-9-18)15(20)12(2)17-7-3-4-14(17)19/h5-6,12,18H,3-4,7-10H2,1-2H3. The number of nitrogens with zero attached hydrogens (tertiary/aromatic N) is 2.